The Bertz CT molecular complexity index is 1190. The van der Waals surface area contributed by atoms with Gasteiger partial charge in [0.05, 0.1) is 12.0 Å². The van der Waals surface area contributed by atoms with E-state index >= 15 is 0 Å². The molecule has 39 heavy (non-hydrogen) atoms. The minimum atomic E-state index is -0.906. The van der Waals surface area contributed by atoms with Crippen molar-refractivity contribution in [3.8, 4) is 0 Å². The third-order valence-electron chi connectivity index (χ3n) is 10.7. The van der Waals surface area contributed by atoms with Gasteiger partial charge >= 0.3 is 5.97 Å². The monoisotopic (exact) mass is 534 g/mol. The minimum absolute atomic E-state index is 0.00825. The molecule has 5 rings (SSSR count). The summed E-state index contributed by atoms with van der Waals surface area (Å²) in [7, 11) is 0. The van der Waals surface area contributed by atoms with Crippen LogP contribution in [0.2, 0.25) is 0 Å². The molecule has 0 radical (unpaired) electrons. The minimum Gasteiger partial charge on any atom is -0.481 e. The molecule has 1 amide bonds. The first-order valence-electron chi connectivity index (χ1n) is 14.4. The molecule has 3 saturated carbocycles. The Labute approximate surface area is 231 Å². The number of amides is 1. The van der Waals surface area contributed by atoms with Crippen LogP contribution in [0.4, 0.5) is 0 Å². The number of fused-ring (bicyclic) bond motifs is 5. The van der Waals surface area contributed by atoms with E-state index in [2.05, 4.69) is 36.5 Å². The molecule has 0 aromatic heterocycles. The molecule has 0 aliphatic heterocycles. The van der Waals surface area contributed by atoms with Crippen LogP contribution < -0.4 is 5.32 Å². The summed E-state index contributed by atoms with van der Waals surface area (Å²) < 4.78 is 0. The first-order valence-corrected chi connectivity index (χ1v) is 14.4. The van der Waals surface area contributed by atoms with Crippen LogP contribution in [0.15, 0.2) is 59.3 Å². The van der Waals surface area contributed by atoms with Gasteiger partial charge in [0.2, 0.25) is 0 Å². The third-order valence-corrected chi connectivity index (χ3v) is 10.7. The first-order chi connectivity index (χ1) is 18.5. The molecule has 1 aromatic carbocycles. The van der Waals surface area contributed by atoms with Crippen molar-refractivity contribution >= 4 is 17.6 Å². The van der Waals surface area contributed by atoms with Gasteiger partial charge in [-0.3, -0.25) is 9.59 Å². The fourth-order valence-corrected chi connectivity index (χ4v) is 8.21. The normalized spacial score (nSPS) is 36.8. The van der Waals surface area contributed by atoms with E-state index in [4.69, 9.17) is 4.84 Å². The van der Waals surface area contributed by atoms with Gasteiger partial charge in [0.1, 0.15) is 5.71 Å². The van der Waals surface area contributed by atoms with Crippen LogP contribution in [-0.2, 0) is 14.4 Å². The van der Waals surface area contributed by atoms with Crippen LogP contribution in [0.25, 0.3) is 0 Å². The molecular formula is C32H42N2O5. The topological polar surface area (TPSA) is 108 Å². The Hall–Kier alpha value is -2.93. The zero-order valence-electron chi connectivity index (χ0n) is 23.4. The predicted molar refractivity (Wildman–Crippen MR) is 150 cm³/mol. The number of nitrogens with zero attached hydrogens (tertiary/aromatic N) is 1. The molecule has 4 aliphatic rings. The SMILES string of the molecule is C[C@]12C=C/C(=N\OCC(=O)NC[C@H](CC(=O)O)c3ccccc3)C=C1CC[C@@H]1[C@@H]2CC[C@@]2(C)[C@H]1CC[C@]2(C)O. The number of carbonyl (C=O) groups is 2. The van der Waals surface area contributed by atoms with Crippen molar-refractivity contribution in [3.63, 3.8) is 0 Å². The molecule has 0 spiro atoms. The van der Waals surface area contributed by atoms with Gasteiger partial charge in [0, 0.05) is 17.9 Å². The van der Waals surface area contributed by atoms with Gasteiger partial charge in [-0.15, -0.1) is 0 Å². The average Bonchev–Trinajstić information content (AvgIpc) is 3.15. The number of carboxylic acids is 1. The van der Waals surface area contributed by atoms with Crippen molar-refractivity contribution in [1.82, 2.24) is 5.32 Å². The van der Waals surface area contributed by atoms with Gasteiger partial charge in [-0.25, -0.2) is 0 Å². The molecule has 0 bridgehead atoms. The molecule has 7 nitrogen and oxygen atoms in total. The number of allylic oxidation sites excluding steroid dienone is 4. The zero-order valence-corrected chi connectivity index (χ0v) is 23.4. The van der Waals surface area contributed by atoms with E-state index in [-0.39, 0.29) is 42.2 Å². The summed E-state index contributed by atoms with van der Waals surface area (Å²) in [5.74, 6) is 0.219. The molecule has 3 fully saturated rings. The zero-order chi connectivity index (χ0) is 27.8. The quantitative estimate of drug-likeness (QED) is 0.396. The Morgan fingerprint density at radius 2 is 1.85 bits per heavy atom. The van der Waals surface area contributed by atoms with Gasteiger partial charge in [0.15, 0.2) is 6.61 Å². The van der Waals surface area contributed by atoms with E-state index in [1.165, 1.54) is 5.57 Å². The molecular weight excluding hydrogens is 492 g/mol. The standard InChI is InChI=1S/C32H42N2O5/c1-30-14-11-24(34-39-20-28(35)33-19-22(17-29(36)37)21-7-5-4-6-8-21)18-23(30)9-10-25-26(30)12-15-31(2)27(25)13-16-32(31,3)38/h4-8,11,14,18,22,25-27,38H,9-10,12-13,15-17,19-20H2,1-3H3,(H,33,35)(H,36,37)/b34-24+/t22-,25+,26-,27-,30-,31-,32-/m0/s1. The van der Waals surface area contributed by atoms with Gasteiger partial charge in [-0.2, -0.15) is 0 Å². The lowest BCUT2D eigenvalue weighted by molar-refractivity contribution is -0.137. The highest BCUT2D eigenvalue weighted by Gasteiger charge is 2.61. The van der Waals surface area contributed by atoms with E-state index in [0.29, 0.717) is 23.5 Å². The molecule has 7 atom stereocenters. The maximum Gasteiger partial charge on any atom is 0.304 e. The van der Waals surface area contributed by atoms with Gasteiger partial charge in [-0.1, -0.05) is 61.0 Å². The van der Waals surface area contributed by atoms with E-state index in [1.54, 1.807) is 0 Å². The van der Waals surface area contributed by atoms with Crippen LogP contribution in [0.1, 0.15) is 77.2 Å². The second-order valence-electron chi connectivity index (χ2n) is 12.8. The lowest BCUT2D eigenvalue weighted by Crippen LogP contribution is -2.53. The van der Waals surface area contributed by atoms with E-state index in [9.17, 15) is 19.8 Å². The maximum absolute atomic E-state index is 12.4. The fourth-order valence-electron chi connectivity index (χ4n) is 8.21. The van der Waals surface area contributed by atoms with Crippen molar-refractivity contribution in [2.75, 3.05) is 13.2 Å². The summed E-state index contributed by atoms with van der Waals surface area (Å²) in [6, 6.07) is 9.34. The Morgan fingerprint density at radius 1 is 1.10 bits per heavy atom. The lowest BCUT2D eigenvalue weighted by atomic mass is 9.47. The van der Waals surface area contributed by atoms with Gasteiger partial charge in [0.25, 0.3) is 5.91 Å². The predicted octanol–water partition coefficient (Wildman–Crippen LogP) is 5.22. The number of hydrogen-bond acceptors (Lipinski definition) is 5. The molecule has 3 N–H and O–H groups in total. The van der Waals surface area contributed by atoms with Crippen LogP contribution in [0, 0.1) is 28.6 Å². The average molecular weight is 535 g/mol. The second-order valence-corrected chi connectivity index (χ2v) is 12.8. The van der Waals surface area contributed by atoms with E-state index in [0.717, 1.165) is 44.1 Å². The van der Waals surface area contributed by atoms with Gasteiger partial charge in [-0.05, 0) is 86.3 Å². The van der Waals surface area contributed by atoms with Gasteiger partial charge < -0.3 is 20.4 Å². The summed E-state index contributed by atoms with van der Waals surface area (Å²) in [4.78, 5) is 29.1. The lowest BCUT2D eigenvalue weighted by Gasteiger charge is -2.58. The van der Waals surface area contributed by atoms with Crippen molar-refractivity contribution in [2.45, 2.75) is 77.2 Å². The third kappa shape index (κ3) is 5.18. The molecule has 0 heterocycles. The van der Waals surface area contributed by atoms with Crippen molar-refractivity contribution < 1.29 is 24.6 Å². The number of rotatable bonds is 8. The van der Waals surface area contributed by atoms with E-state index in [1.807, 2.05) is 43.3 Å². The molecule has 210 valence electrons. The van der Waals surface area contributed by atoms with Crippen LogP contribution in [0.5, 0.6) is 0 Å². The van der Waals surface area contributed by atoms with Crippen molar-refractivity contribution in [2.24, 2.45) is 33.7 Å². The summed E-state index contributed by atoms with van der Waals surface area (Å²) in [5, 5.41) is 27.4. The highest BCUT2D eigenvalue weighted by molar-refractivity contribution is 6.05. The number of aliphatic hydroxyl groups is 1. The number of hydrogen-bond donors (Lipinski definition) is 3. The van der Waals surface area contributed by atoms with Crippen LogP contribution in [0.3, 0.4) is 0 Å². The maximum atomic E-state index is 12.4. The van der Waals surface area contributed by atoms with E-state index < -0.39 is 11.6 Å². The number of aliphatic carboxylic acids is 1. The highest BCUT2D eigenvalue weighted by Crippen LogP contribution is 2.66. The largest absolute Gasteiger partial charge is 0.481 e. The Balaban J connectivity index is 1.17. The van der Waals surface area contributed by atoms with Crippen molar-refractivity contribution in [1.29, 1.82) is 0 Å². The number of oxime groups is 1. The Morgan fingerprint density at radius 3 is 2.59 bits per heavy atom. The number of benzene rings is 1. The first kappa shape index (κ1) is 27.6. The fraction of sp³-hybridized carbons (Fsp3) is 0.594. The summed E-state index contributed by atoms with van der Waals surface area (Å²) in [6.07, 6.45) is 12.7. The molecule has 4 aliphatic carbocycles. The van der Waals surface area contributed by atoms with Crippen LogP contribution in [-0.4, -0.2) is 46.6 Å². The summed E-state index contributed by atoms with van der Waals surface area (Å²) in [6.45, 7) is 6.71. The second kappa shape index (κ2) is 10.6. The molecule has 0 saturated heterocycles. The Kier molecular flexibility index (Phi) is 7.49. The molecule has 1 aromatic rings. The number of carboxylic acid groups (broad SMARTS) is 1. The smallest absolute Gasteiger partial charge is 0.304 e. The molecule has 0 unspecified atom stereocenters. The van der Waals surface area contributed by atoms with Crippen molar-refractivity contribution in [3.05, 3.63) is 59.7 Å². The van der Waals surface area contributed by atoms with Crippen LogP contribution >= 0.6 is 0 Å². The molecule has 7 heteroatoms. The number of nitrogens with one attached hydrogen (secondary N) is 1. The number of carbonyl (C=O) groups excluding carboxylic acids is 1. The summed E-state index contributed by atoms with van der Waals surface area (Å²) in [5.41, 5.74) is 2.41. The summed E-state index contributed by atoms with van der Waals surface area (Å²) >= 11 is 0. The highest BCUT2D eigenvalue weighted by atomic mass is 16.6.